The van der Waals surface area contributed by atoms with Gasteiger partial charge in [-0.1, -0.05) is 72.8 Å². The number of H-pyrrole nitrogens is 1. The van der Waals surface area contributed by atoms with Crippen molar-refractivity contribution in [2.75, 3.05) is 16.0 Å². The molecule has 0 fully saturated rings. The molecular formula is C36H28F4N8O4. The van der Waals surface area contributed by atoms with Gasteiger partial charge in [0, 0.05) is 29.9 Å². The SMILES string of the molecule is O=C(Nc1ccccc1)n1cc(F)c(NCc2ccccc2F)nc1=O.O=C=Nc1ccccc1.O=c1ncc(F)c(NCc2ccccc2F)[nH]1. The summed E-state index contributed by atoms with van der Waals surface area (Å²) in [6, 6.07) is 28.6. The van der Waals surface area contributed by atoms with E-state index >= 15 is 0 Å². The highest BCUT2D eigenvalue weighted by Crippen LogP contribution is 2.13. The number of hydrogen-bond donors (Lipinski definition) is 4. The standard InChI is InChI=1S/C18H14F2N4O2.C11H9F2N3O.C7H5NO/c19-14-9-5-4-6-12(14)10-21-16-15(20)11-24(18(26)23-16)17(25)22-13-7-2-1-3-8-13;12-8-4-2-1-3-7(8)5-14-10-9(13)6-15-11(17)16-10;9-6-8-7-4-2-1-3-5-7/h1-9,11H,10H2,(H,22,25)(H,21,23,26);1-4,6H,5H2,(H2,14,15,16,17);1-5H. The minimum Gasteiger partial charge on any atom is -0.365 e. The quantitative estimate of drug-likeness (QED) is 0.0787. The summed E-state index contributed by atoms with van der Waals surface area (Å²) < 4.78 is 54.7. The average molecular weight is 713 g/mol. The number of nitrogens with zero attached hydrogens (tertiary/aromatic N) is 4. The number of hydrogen-bond acceptors (Lipinski definition) is 9. The van der Waals surface area contributed by atoms with Crippen LogP contribution in [-0.2, 0) is 17.9 Å². The van der Waals surface area contributed by atoms with Crippen LogP contribution in [-0.4, -0.2) is 31.6 Å². The number of para-hydroxylation sites is 2. The maximum atomic E-state index is 14.2. The number of benzene rings is 4. The molecule has 0 spiro atoms. The van der Waals surface area contributed by atoms with Gasteiger partial charge in [-0.05, 0) is 36.4 Å². The molecule has 6 aromatic rings. The van der Waals surface area contributed by atoms with E-state index in [1.165, 1.54) is 30.3 Å². The zero-order valence-corrected chi connectivity index (χ0v) is 26.9. The number of isocyanates is 1. The lowest BCUT2D eigenvalue weighted by molar-refractivity contribution is 0.252. The van der Waals surface area contributed by atoms with Crippen LogP contribution in [0.1, 0.15) is 11.1 Å². The molecular weight excluding hydrogens is 684 g/mol. The molecule has 2 heterocycles. The smallest absolute Gasteiger partial charge is 0.357 e. The Labute approximate surface area is 292 Å². The van der Waals surface area contributed by atoms with E-state index in [9.17, 15) is 36.7 Å². The van der Waals surface area contributed by atoms with Crippen molar-refractivity contribution in [2.45, 2.75) is 13.1 Å². The third kappa shape index (κ3) is 11.5. The molecule has 0 aliphatic carbocycles. The normalized spacial score (nSPS) is 9.92. The Morgan fingerprint density at radius 3 is 1.88 bits per heavy atom. The number of carbonyl (C=O) groups excluding carboxylic acids is 2. The average Bonchev–Trinajstić information content (AvgIpc) is 3.15. The number of carbonyl (C=O) groups is 1. The van der Waals surface area contributed by atoms with Crippen molar-refractivity contribution >= 4 is 35.1 Å². The van der Waals surface area contributed by atoms with Crippen LogP contribution in [0, 0.1) is 23.3 Å². The minimum absolute atomic E-state index is 0.0593. The largest absolute Gasteiger partial charge is 0.365 e. The predicted molar refractivity (Wildman–Crippen MR) is 186 cm³/mol. The van der Waals surface area contributed by atoms with Gasteiger partial charge in [-0.3, -0.25) is 4.98 Å². The summed E-state index contributed by atoms with van der Waals surface area (Å²) in [7, 11) is 0. The predicted octanol–water partition coefficient (Wildman–Crippen LogP) is 6.53. The second kappa shape index (κ2) is 19.1. The Morgan fingerprint density at radius 2 is 1.29 bits per heavy atom. The van der Waals surface area contributed by atoms with Gasteiger partial charge in [-0.15, -0.1) is 0 Å². The van der Waals surface area contributed by atoms with Crippen LogP contribution in [0.25, 0.3) is 0 Å². The van der Waals surface area contributed by atoms with E-state index in [0.717, 1.165) is 12.4 Å². The first-order chi connectivity index (χ1) is 25.1. The second-order valence-corrected chi connectivity index (χ2v) is 10.2. The van der Waals surface area contributed by atoms with E-state index in [1.54, 1.807) is 66.7 Å². The van der Waals surface area contributed by atoms with Crippen molar-refractivity contribution in [3.05, 3.63) is 177 Å². The third-order valence-electron chi connectivity index (χ3n) is 6.64. The van der Waals surface area contributed by atoms with Crippen molar-refractivity contribution in [2.24, 2.45) is 4.99 Å². The molecule has 16 heteroatoms. The lowest BCUT2D eigenvalue weighted by Crippen LogP contribution is -2.33. The van der Waals surface area contributed by atoms with Gasteiger partial charge >= 0.3 is 17.4 Å². The zero-order valence-electron chi connectivity index (χ0n) is 26.9. The molecule has 0 radical (unpaired) electrons. The summed E-state index contributed by atoms with van der Waals surface area (Å²) in [6.45, 7) is 0.0137. The van der Waals surface area contributed by atoms with Gasteiger partial charge in [0.1, 0.15) is 17.5 Å². The first kappa shape index (κ1) is 37.6. The van der Waals surface area contributed by atoms with E-state index in [2.05, 4.69) is 35.9 Å². The van der Waals surface area contributed by atoms with E-state index in [4.69, 9.17) is 0 Å². The first-order valence-corrected chi connectivity index (χ1v) is 15.1. The van der Waals surface area contributed by atoms with Gasteiger partial charge in [0.2, 0.25) is 6.08 Å². The van der Waals surface area contributed by atoms with Crippen LogP contribution < -0.4 is 27.3 Å². The molecule has 2 aromatic heterocycles. The number of anilines is 3. The molecule has 0 aliphatic rings. The van der Waals surface area contributed by atoms with E-state index in [1.807, 2.05) is 18.2 Å². The lowest BCUT2D eigenvalue weighted by Gasteiger charge is -2.10. The number of aromatic nitrogens is 4. The summed E-state index contributed by atoms with van der Waals surface area (Å²) in [4.78, 5) is 57.0. The van der Waals surface area contributed by atoms with Gasteiger partial charge in [-0.25, -0.2) is 41.3 Å². The fraction of sp³-hybridized carbons (Fsp3) is 0.0556. The van der Waals surface area contributed by atoms with Gasteiger partial charge < -0.3 is 16.0 Å². The molecule has 4 aromatic carbocycles. The van der Waals surface area contributed by atoms with Crippen LogP contribution in [0.3, 0.4) is 0 Å². The fourth-order valence-electron chi connectivity index (χ4n) is 4.12. The van der Waals surface area contributed by atoms with Gasteiger partial charge in [0.25, 0.3) is 0 Å². The highest BCUT2D eigenvalue weighted by atomic mass is 19.1. The molecule has 4 N–H and O–H groups in total. The second-order valence-electron chi connectivity index (χ2n) is 10.2. The number of aliphatic imine (C=N–C) groups is 1. The van der Waals surface area contributed by atoms with Crippen molar-refractivity contribution in [1.29, 1.82) is 0 Å². The molecule has 0 bridgehead atoms. The molecule has 264 valence electrons. The Hall–Kier alpha value is -7.19. The van der Waals surface area contributed by atoms with Crippen molar-refractivity contribution in [3.8, 4) is 0 Å². The molecule has 12 nitrogen and oxygen atoms in total. The maximum Gasteiger partial charge on any atom is 0.357 e. The number of halogens is 4. The lowest BCUT2D eigenvalue weighted by atomic mass is 10.2. The van der Waals surface area contributed by atoms with Crippen LogP contribution in [0.4, 0.5) is 45.4 Å². The Kier molecular flexibility index (Phi) is 13.8. The molecule has 0 saturated carbocycles. The first-order valence-electron chi connectivity index (χ1n) is 15.1. The Balaban J connectivity index is 0.000000198. The van der Waals surface area contributed by atoms with Crippen molar-refractivity contribution in [1.82, 2.24) is 19.5 Å². The molecule has 0 aliphatic heterocycles. The summed E-state index contributed by atoms with van der Waals surface area (Å²) in [6.07, 6.45) is 3.00. The molecule has 0 unspecified atom stereocenters. The third-order valence-corrected chi connectivity index (χ3v) is 6.64. The molecule has 0 saturated heterocycles. The summed E-state index contributed by atoms with van der Waals surface area (Å²) in [5, 5.41) is 7.61. The topological polar surface area (TPSA) is 163 Å². The van der Waals surface area contributed by atoms with Crippen molar-refractivity contribution in [3.63, 3.8) is 0 Å². The Morgan fingerprint density at radius 1 is 0.731 bits per heavy atom. The van der Waals surface area contributed by atoms with E-state index < -0.39 is 40.7 Å². The molecule has 1 amide bonds. The highest BCUT2D eigenvalue weighted by molar-refractivity contribution is 5.90. The molecule has 6 rings (SSSR count). The summed E-state index contributed by atoms with van der Waals surface area (Å²) in [5.74, 6) is -2.92. The van der Waals surface area contributed by atoms with Gasteiger partial charge in [0.15, 0.2) is 17.5 Å². The highest BCUT2D eigenvalue weighted by Gasteiger charge is 2.14. The van der Waals surface area contributed by atoms with Crippen LogP contribution in [0.15, 0.2) is 136 Å². The number of rotatable bonds is 8. The monoisotopic (exact) mass is 712 g/mol. The van der Waals surface area contributed by atoms with Gasteiger partial charge in [-0.2, -0.15) is 15.0 Å². The number of aromatic amines is 1. The van der Waals surface area contributed by atoms with E-state index in [0.29, 0.717) is 27.1 Å². The fourth-order valence-corrected chi connectivity index (χ4v) is 4.12. The summed E-state index contributed by atoms with van der Waals surface area (Å²) >= 11 is 0. The van der Waals surface area contributed by atoms with Gasteiger partial charge in [0.05, 0.1) is 18.1 Å². The minimum atomic E-state index is -0.962. The van der Waals surface area contributed by atoms with E-state index in [-0.39, 0.29) is 24.7 Å². The summed E-state index contributed by atoms with van der Waals surface area (Å²) in [5.41, 5.74) is 0.140. The van der Waals surface area contributed by atoms with Crippen LogP contribution >= 0.6 is 0 Å². The van der Waals surface area contributed by atoms with Crippen molar-refractivity contribution < 1.29 is 27.2 Å². The Bertz CT molecular complexity index is 2270. The van der Waals surface area contributed by atoms with Crippen LogP contribution in [0.5, 0.6) is 0 Å². The number of nitrogens with one attached hydrogen (secondary N) is 4. The number of amides is 1. The zero-order chi connectivity index (χ0) is 37.3. The molecule has 52 heavy (non-hydrogen) atoms. The van der Waals surface area contributed by atoms with Crippen LogP contribution in [0.2, 0.25) is 0 Å². The maximum absolute atomic E-state index is 14.2. The molecule has 0 atom stereocenters.